The smallest absolute Gasteiger partial charge is 0.348 e. The van der Waals surface area contributed by atoms with E-state index in [4.69, 9.17) is 44.3 Å². The topological polar surface area (TPSA) is 52.6 Å². The number of unbranched alkanes of at least 4 members (excludes halogenated alkanes) is 1. The Morgan fingerprint density at radius 2 is 1.54 bits per heavy atom. The number of alkyl halides is 3. The SMILES string of the molecule is O=C(OCCCCC(Cl)CC(Cl)(Cl)C(=O)Oc1ccccc1)c1ccccc1. The number of halogens is 3. The summed E-state index contributed by atoms with van der Waals surface area (Å²) < 4.78 is 8.65. The minimum absolute atomic E-state index is 0.0487. The van der Waals surface area contributed by atoms with Gasteiger partial charge in [0.05, 0.1) is 12.2 Å². The highest BCUT2D eigenvalue weighted by Gasteiger charge is 2.38. The molecule has 4 nitrogen and oxygen atoms in total. The van der Waals surface area contributed by atoms with E-state index in [0.717, 1.165) is 0 Å². The molecular formula is C21H21Cl3O4. The van der Waals surface area contributed by atoms with Crippen LogP contribution in [0, 0.1) is 0 Å². The average Bonchev–Trinajstić information content (AvgIpc) is 2.68. The second-order valence-electron chi connectivity index (χ2n) is 6.21. The monoisotopic (exact) mass is 442 g/mol. The number of rotatable bonds is 10. The molecule has 0 N–H and O–H groups in total. The highest BCUT2D eigenvalue weighted by atomic mass is 35.5. The Morgan fingerprint density at radius 1 is 0.929 bits per heavy atom. The molecule has 2 aromatic carbocycles. The molecule has 0 saturated carbocycles. The van der Waals surface area contributed by atoms with E-state index >= 15 is 0 Å². The minimum atomic E-state index is -1.73. The summed E-state index contributed by atoms with van der Waals surface area (Å²) in [4.78, 5) is 24.0. The third kappa shape index (κ3) is 7.70. The number of hydrogen-bond donors (Lipinski definition) is 0. The van der Waals surface area contributed by atoms with Crippen molar-refractivity contribution in [2.75, 3.05) is 6.61 Å². The second-order valence-corrected chi connectivity index (χ2v) is 8.31. The van der Waals surface area contributed by atoms with Gasteiger partial charge in [0.2, 0.25) is 4.33 Å². The molecule has 7 heteroatoms. The standard InChI is InChI=1S/C21H21Cl3O4/c22-17(11-7-8-14-27-19(25)16-9-3-1-4-10-16)15-21(23,24)20(26)28-18-12-5-2-6-13-18/h1-6,9-10,12-13,17H,7-8,11,14-15H2. The Labute approximate surface area is 179 Å². The van der Waals surface area contributed by atoms with Crippen LogP contribution in [0.5, 0.6) is 5.75 Å². The number of hydrogen-bond acceptors (Lipinski definition) is 4. The molecule has 28 heavy (non-hydrogen) atoms. The van der Waals surface area contributed by atoms with Gasteiger partial charge in [-0.3, -0.25) is 0 Å². The van der Waals surface area contributed by atoms with Gasteiger partial charge in [0.15, 0.2) is 0 Å². The summed E-state index contributed by atoms with van der Waals surface area (Å²) in [6, 6.07) is 17.3. The Kier molecular flexibility index (Phi) is 9.10. The minimum Gasteiger partial charge on any atom is -0.462 e. The number of carbonyl (C=O) groups is 2. The molecule has 0 aromatic heterocycles. The number of carbonyl (C=O) groups excluding carboxylic acids is 2. The lowest BCUT2D eigenvalue weighted by molar-refractivity contribution is -0.135. The molecule has 0 aliphatic rings. The number of benzene rings is 2. The largest absolute Gasteiger partial charge is 0.462 e. The molecular weight excluding hydrogens is 423 g/mol. The van der Waals surface area contributed by atoms with Crippen LogP contribution in [0.15, 0.2) is 60.7 Å². The molecule has 0 aliphatic heterocycles. The Balaban J connectivity index is 1.66. The van der Waals surface area contributed by atoms with Crippen LogP contribution in [0.25, 0.3) is 0 Å². The van der Waals surface area contributed by atoms with Crippen LogP contribution in [0.4, 0.5) is 0 Å². The van der Waals surface area contributed by atoms with Crippen LogP contribution in [0.1, 0.15) is 36.0 Å². The van der Waals surface area contributed by atoms with Gasteiger partial charge in [0.25, 0.3) is 0 Å². The van der Waals surface area contributed by atoms with Crippen molar-refractivity contribution in [3.05, 3.63) is 66.2 Å². The predicted molar refractivity (Wildman–Crippen MR) is 111 cm³/mol. The van der Waals surface area contributed by atoms with Crippen molar-refractivity contribution in [1.82, 2.24) is 0 Å². The molecule has 0 fully saturated rings. The molecule has 1 atom stereocenters. The van der Waals surface area contributed by atoms with E-state index in [1.807, 2.05) is 6.07 Å². The molecule has 0 heterocycles. The van der Waals surface area contributed by atoms with E-state index in [1.54, 1.807) is 54.6 Å². The van der Waals surface area contributed by atoms with Crippen molar-refractivity contribution in [3.63, 3.8) is 0 Å². The molecule has 1 unspecified atom stereocenters. The number of para-hydroxylation sites is 1. The van der Waals surface area contributed by atoms with E-state index in [2.05, 4.69) is 0 Å². The van der Waals surface area contributed by atoms with E-state index in [-0.39, 0.29) is 12.4 Å². The maximum Gasteiger partial charge on any atom is 0.348 e. The van der Waals surface area contributed by atoms with Gasteiger partial charge in [-0.1, -0.05) is 59.6 Å². The fraction of sp³-hybridized carbons (Fsp3) is 0.333. The number of ether oxygens (including phenoxy) is 2. The highest BCUT2D eigenvalue weighted by Crippen LogP contribution is 2.32. The first-order valence-corrected chi connectivity index (χ1v) is 10.1. The summed E-state index contributed by atoms with van der Waals surface area (Å²) >= 11 is 18.5. The lowest BCUT2D eigenvalue weighted by Crippen LogP contribution is -2.33. The molecule has 0 spiro atoms. The normalized spacial score (nSPS) is 12.2. The summed E-state index contributed by atoms with van der Waals surface area (Å²) in [6.45, 7) is 0.292. The lowest BCUT2D eigenvalue weighted by Gasteiger charge is -2.20. The van der Waals surface area contributed by atoms with Gasteiger partial charge in [0.1, 0.15) is 5.75 Å². The van der Waals surface area contributed by atoms with Gasteiger partial charge in [0, 0.05) is 11.8 Å². The van der Waals surface area contributed by atoms with Crippen molar-refractivity contribution in [1.29, 1.82) is 0 Å². The number of esters is 2. The quantitative estimate of drug-likeness (QED) is 0.202. The van der Waals surface area contributed by atoms with E-state index in [0.29, 0.717) is 37.2 Å². The Morgan fingerprint density at radius 3 is 2.18 bits per heavy atom. The van der Waals surface area contributed by atoms with Crippen LogP contribution in [0.2, 0.25) is 0 Å². The fourth-order valence-corrected chi connectivity index (χ4v) is 3.42. The maximum atomic E-state index is 12.2. The van der Waals surface area contributed by atoms with E-state index in [9.17, 15) is 9.59 Å². The first-order valence-electron chi connectivity index (χ1n) is 8.90. The Hall–Kier alpha value is -1.75. The Bertz CT molecular complexity index is 751. The second kappa shape index (κ2) is 11.3. The zero-order chi connectivity index (χ0) is 20.4. The summed E-state index contributed by atoms with van der Waals surface area (Å²) in [6.07, 6.45) is 1.97. The summed E-state index contributed by atoms with van der Waals surface area (Å²) in [5, 5.41) is -0.414. The summed E-state index contributed by atoms with van der Waals surface area (Å²) in [5.41, 5.74) is 0.517. The molecule has 0 radical (unpaired) electrons. The maximum absolute atomic E-state index is 12.2. The van der Waals surface area contributed by atoms with Crippen molar-refractivity contribution < 1.29 is 19.1 Å². The van der Waals surface area contributed by atoms with Gasteiger partial charge in [-0.05, 0) is 43.5 Å². The molecule has 2 aromatic rings. The fourth-order valence-electron chi connectivity index (χ4n) is 2.42. The lowest BCUT2D eigenvalue weighted by atomic mass is 10.1. The van der Waals surface area contributed by atoms with Crippen LogP contribution in [-0.4, -0.2) is 28.3 Å². The van der Waals surface area contributed by atoms with Gasteiger partial charge in [-0.25, -0.2) is 9.59 Å². The predicted octanol–water partition coefficient (Wildman–Crippen LogP) is 5.79. The van der Waals surface area contributed by atoms with Crippen molar-refractivity contribution in [3.8, 4) is 5.75 Å². The molecule has 0 aliphatic carbocycles. The van der Waals surface area contributed by atoms with Gasteiger partial charge < -0.3 is 9.47 Å². The highest BCUT2D eigenvalue weighted by molar-refractivity contribution is 6.57. The van der Waals surface area contributed by atoms with Crippen LogP contribution in [0.3, 0.4) is 0 Å². The van der Waals surface area contributed by atoms with Gasteiger partial charge >= 0.3 is 11.9 Å². The third-order valence-corrected chi connectivity index (χ3v) is 4.87. The van der Waals surface area contributed by atoms with Crippen molar-refractivity contribution in [2.24, 2.45) is 0 Å². The van der Waals surface area contributed by atoms with E-state index < -0.39 is 15.7 Å². The molecule has 150 valence electrons. The van der Waals surface area contributed by atoms with Crippen molar-refractivity contribution in [2.45, 2.75) is 35.4 Å². The third-order valence-electron chi connectivity index (χ3n) is 3.88. The van der Waals surface area contributed by atoms with Crippen molar-refractivity contribution >= 4 is 46.7 Å². The van der Waals surface area contributed by atoms with E-state index in [1.165, 1.54) is 0 Å². The van der Waals surface area contributed by atoms with Gasteiger partial charge in [-0.15, -0.1) is 11.6 Å². The molecule has 0 amide bonds. The molecule has 0 bridgehead atoms. The van der Waals surface area contributed by atoms with Gasteiger partial charge in [-0.2, -0.15) is 0 Å². The average molecular weight is 444 g/mol. The summed E-state index contributed by atoms with van der Waals surface area (Å²) in [7, 11) is 0. The van der Waals surface area contributed by atoms with Crippen LogP contribution in [-0.2, 0) is 9.53 Å². The summed E-state index contributed by atoms with van der Waals surface area (Å²) in [5.74, 6) is -0.749. The zero-order valence-electron chi connectivity index (χ0n) is 15.2. The van der Waals surface area contributed by atoms with Crippen LogP contribution < -0.4 is 4.74 Å². The first-order chi connectivity index (χ1) is 13.4. The zero-order valence-corrected chi connectivity index (χ0v) is 17.4. The first kappa shape index (κ1) is 22.5. The molecule has 0 saturated heterocycles. The molecule has 2 rings (SSSR count). The van der Waals surface area contributed by atoms with Crippen LogP contribution >= 0.6 is 34.8 Å².